The molecule has 0 fully saturated rings. The molecule has 0 aromatic heterocycles. The van der Waals surface area contributed by atoms with Gasteiger partial charge in [-0.25, -0.2) is 4.79 Å². The van der Waals surface area contributed by atoms with E-state index in [9.17, 15) is 14.7 Å². The molecule has 38 heavy (non-hydrogen) atoms. The van der Waals surface area contributed by atoms with E-state index in [1.165, 1.54) is 0 Å². The lowest BCUT2D eigenvalue weighted by Crippen LogP contribution is -2.50. The summed E-state index contributed by atoms with van der Waals surface area (Å²) in [5, 5.41) is 16.0. The molecule has 5 N–H and O–H groups in total. The highest BCUT2D eigenvalue weighted by molar-refractivity contribution is 5.86. The van der Waals surface area contributed by atoms with Crippen LogP contribution in [0.3, 0.4) is 0 Å². The zero-order chi connectivity index (χ0) is 27.5. The summed E-state index contributed by atoms with van der Waals surface area (Å²) in [5.41, 5.74) is 8.52. The third kappa shape index (κ3) is 7.00. The first kappa shape index (κ1) is 28.9. The molecule has 202 valence electrons. The number of carbonyl (C=O) groups is 2. The number of nitrogens with one attached hydrogen (secondary N) is 2. The number of ether oxygens (including phenoxy) is 1. The normalized spacial score (nSPS) is 13.1. The predicted molar refractivity (Wildman–Crippen MR) is 150 cm³/mol. The number of rotatable bonds is 14. The second-order valence-electron chi connectivity index (χ2n) is 9.80. The minimum Gasteiger partial charge on any atom is -0.497 e. The maximum absolute atomic E-state index is 12.3. The van der Waals surface area contributed by atoms with Crippen LogP contribution < -0.4 is 21.1 Å². The molecule has 1 amide bonds. The van der Waals surface area contributed by atoms with E-state index in [0.29, 0.717) is 25.8 Å². The Morgan fingerprint density at radius 2 is 1.39 bits per heavy atom. The maximum Gasteiger partial charge on any atom is 0.326 e. The van der Waals surface area contributed by atoms with E-state index < -0.39 is 29.5 Å². The molecule has 0 bridgehead atoms. The molecule has 0 aliphatic carbocycles. The Bertz CT molecular complexity index is 1110. The zero-order valence-electron chi connectivity index (χ0n) is 22.4. The number of carboxylic acids is 1. The van der Waals surface area contributed by atoms with Crippen LogP contribution in [0.15, 0.2) is 84.9 Å². The highest BCUT2D eigenvalue weighted by Crippen LogP contribution is 2.37. The number of hydrogen-bond acceptors (Lipinski definition) is 5. The average Bonchev–Trinajstić information content (AvgIpc) is 2.94. The van der Waals surface area contributed by atoms with E-state index in [-0.39, 0.29) is 5.92 Å². The number of nitrogens with two attached hydrogens (primary N) is 1. The van der Waals surface area contributed by atoms with Crippen molar-refractivity contribution in [2.24, 2.45) is 11.7 Å². The summed E-state index contributed by atoms with van der Waals surface area (Å²) in [4.78, 5) is 24.1. The number of aliphatic carboxylic acids is 1. The lowest BCUT2D eigenvalue weighted by atomic mass is 9.77. The fourth-order valence-corrected chi connectivity index (χ4v) is 4.60. The summed E-state index contributed by atoms with van der Waals surface area (Å²) in [5.74, 6) is -0.779. The van der Waals surface area contributed by atoms with Crippen LogP contribution in [0.2, 0.25) is 0 Å². The van der Waals surface area contributed by atoms with E-state index in [1.54, 1.807) is 7.11 Å². The van der Waals surface area contributed by atoms with Gasteiger partial charge >= 0.3 is 5.97 Å². The highest BCUT2D eigenvalue weighted by atomic mass is 16.5. The van der Waals surface area contributed by atoms with Gasteiger partial charge in [0.15, 0.2) is 0 Å². The quantitative estimate of drug-likeness (QED) is 0.187. The second kappa shape index (κ2) is 13.7. The molecule has 3 rings (SSSR count). The Labute approximate surface area is 225 Å². The summed E-state index contributed by atoms with van der Waals surface area (Å²) >= 11 is 0. The number of unbranched alkanes of at least 4 members (excludes halogenated alkanes) is 1. The monoisotopic (exact) mass is 517 g/mol. The molecule has 0 aliphatic rings. The zero-order valence-corrected chi connectivity index (χ0v) is 22.4. The van der Waals surface area contributed by atoms with Crippen LogP contribution in [0.1, 0.15) is 49.8 Å². The Morgan fingerprint density at radius 1 is 0.868 bits per heavy atom. The number of methoxy groups -OCH3 is 1. The molecule has 7 heteroatoms. The molecule has 3 aromatic rings. The molecule has 0 saturated carbocycles. The van der Waals surface area contributed by atoms with E-state index in [4.69, 9.17) is 10.5 Å². The second-order valence-corrected chi connectivity index (χ2v) is 9.80. The fourth-order valence-electron chi connectivity index (χ4n) is 4.60. The Kier molecular flexibility index (Phi) is 10.4. The smallest absolute Gasteiger partial charge is 0.326 e. The standard InChI is InChI=1S/C31H39N3O4/c1-22(2)28(32)29(35)34-27(30(36)37)16-10-11-21-33-31(23-12-6-4-7-13-23,24-14-8-5-9-15-24)25-17-19-26(38-3)20-18-25/h4-9,12-15,17-20,22,27-28,33H,10-11,16,21,32H2,1-3H3,(H,34,35)(H,36,37)/t27-,28?/m0/s1. The largest absolute Gasteiger partial charge is 0.497 e. The van der Waals surface area contributed by atoms with Crippen molar-refractivity contribution in [2.45, 2.75) is 50.7 Å². The van der Waals surface area contributed by atoms with Crippen LogP contribution in [-0.4, -0.2) is 42.7 Å². The number of carboxylic acid groups (broad SMARTS) is 1. The van der Waals surface area contributed by atoms with Gasteiger partial charge in [-0.1, -0.05) is 86.6 Å². The van der Waals surface area contributed by atoms with Crippen molar-refractivity contribution in [2.75, 3.05) is 13.7 Å². The molecule has 0 heterocycles. The van der Waals surface area contributed by atoms with Crippen molar-refractivity contribution in [1.82, 2.24) is 10.6 Å². The SMILES string of the molecule is COc1ccc(C(NCCCC[C@H](NC(=O)C(N)C(C)C)C(=O)O)(c2ccccc2)c2ccccc2)cc1. The van der Waals surface area contributed by atoms with Crippen LogP contribution in [0.5, 0.6) is 5.75 Å². The fraction of sp³-hybridized carbons (Fsp3) is 0.355. The van der Waals surface area contributed by atoms with Gasteiger partial charge in [-0.3, -0.25) is 10.1 Å². The summed E-state index contributed by atoms with van der Waals surface area (Å²) in [6.45, 7) is 4.29. The van der Waals surface area contributed by atoms with E-state index in [1.807, 2.05) is 62.4 Å². The molecule has 0 radical (unpaired) electrons. The van der Waals surface area contributed by atoms with Gasteiger partial charge in [0, 0.05) is 0 Å². The molecule has 0 spiro atoms. The number of carbonyl (C=O) groups excluding carboxylic acids is 1. The molecule has 3 aromatic carbocycles. The van der Waals surface area contributed by atoms with E-state index >= 15 is 0 Å². The Morgan fingerprint density at radius 3 is 1.87 bits per heavy atom. The van der Waals surface area contributed by atoms with E-state index in [2.05, 4.69) is 47.0 Å². The average molecular weight is 518 g/mol. The van der Waals surface area contributed by atoms with Crippen molar-refractivity contribution >= 4 is 11.9 Å². The van der Waals surface area contributed by atoms with Crippen LogP contribution >= 0.6 is 0 Å². The van der Waals surface area contributed by atoms with Crippen molar-refractivity contribution in [3.05, 3.63) is 102 Å². The summed E-state index contributed by atoms with van der Waals surface area (Å²) in [7, 11) is 1.65. The van der Waals surface area contributed by atoms with Gasteiger partial charge < -0.3 is 20.9 Å². The van der Waals surface area contributed by atoms with Crippen molar-refractivity contribution in [1.29, 1.82) is 0 Å². The summed E-state index contributed by atoms with van der Waals surface area (Å²) in [6, 6.07) is 26.9. The van der Waals surface area contributed by atoms with Gasteiger partial charge in [-0.2, -0.15) is 0 Å². The summed E-state index contributed by atoms with van der Waals surface area (Å²) in [6.07, 6.45) is 1.65. The lowest BCUT2D eigenvalue weighted by Gasteiger charge is -2.37. The Hall–Kier alpha value is -3.68. The molecule has 0 saturated heterocycles. The lowest BCUT2D eigenvalue weighted by molar-refractivity contribution is -0.142. The third-order valence-corrected chi connectivity index (χ3v) is 6.88. The van der Waals surface area contributed by atoms with Crippen molar-refractivity contribution in [3.63, 3.8) is 0 Å². The molecule has 7 nitrogen and oxygen atoms in total. The molecule has 2 atom stereocenters. The van der Waals surface area contributed by atoms with Crippen LogP contribution in [-0.2, 0) is 15.1 Å². The first-order valence-corrected chi connectivity index (χ1v) is 13.1. The predicted octanol–water partition coefficient (Wildman–Crippen LogP) is 4.30. The molecular formula is C31H39N3O4. The molecule has 0 aliphatic heterocycles. The third-order valence-electron chi connectivity index (χ3n) is 6.88. The van der Waals surface area contributed by atoms with Gasteiger partial charge in [0.1, 0.15) is 11.8 Å². The van der Waals surface area contributed by atoms with Gasteiger partial charge in [-0.15, -0.1) is 0 Å². The number of amides is 1. The van der Waals surface area contributed by atoms with Crippen molar-refractivity contribution in [3.8, 4) is 5.75 Å². The summed E-state index contributed by atoms with van der Waals surface area (Å²) < 4.78 is 5.40. The van der Waals surface area contributed by atoms with Crippen molar-refractivity contribution < 1.29 is 19.4 Å². The number of hydrogen-bond donors (Lipinski definition) is 4. The number of benzene rings is 3. The van der Waals surface area contributed by atoms with Gasteiger partial charge in [-0.05, 0) is 60.5 Å². The first-order chi connectivity index (χ1) is 18.3. The van der Waals surface area contributed by atoms with E-state index in [0.717, 1.165) is 22.4 Å². The van der Waals surface area contributed by atoms with Crippen LogP contribution in [0.25, 0.3) is 0 Å². The molecule has 1 unspecified atom stereocenters. The Balaban J connectivity index is 1.80. The highest BCUT2D eigenvalue weighted by Gasteiger charge is 2.35. The van der Waals surface area contributed by atoms with Crippen LogP contribution in [0, 0.1) is 5.92 Å². The minimum absolute atomic E-state index is 0.0734. The molecular weight excluding hydrogens is 478 g/mol. The van der Waals surface area contributed by atoms with Gasteiger partial charge in [0.2, 0.25) is 5.91 Å². The van der Waals surface area contributed by atoms with Crippen LogP contribution in [0.4, 0.5) is 0 Å². The minimum atomic E-state index is -1.05. The van der Waals surface area contributed by atoms with Gasteiger partial charge in [0.05, 0.1) is 18.7 Å². The topological polar surface area (TPSA) is 114 Å². The maximum atomic E-state index is 12.3. The van der Waals surface area contributed by atoms with Gasteiger partial charge in [0.25, 0.3) is 0 Å². The first-order valence-electron chi connectivity index (χ1n) is 13.1.